The number of nitrogens with one attached hydrogen (secondary N) is 1. The van der Waals surface area contributed by atoms with Gasteiger partial charge in [0.05, 0.1) is 31.4 Å². The van der Waals surface area contributed by atoms with Crippen molar-refractivity contribution in [3.63, 3.8) is 0 Å². The van der Waals surface area contributed by atoms with Gasteiger partial charge in [-0.15, -0.1) is 11.3 Å². The number of aromatic nitrogens is 1. The van der Waals surface area contributed by atoms with Crippen molar-refractivity contribution in [2.75, 3.05) is 19.5 Å². The molecule has 3 aromatic rings. The van der Waals surface area contributed by atoms with Gasteiger partial charge in [0, 0.05) is 10.9 Å². The van der Waals surface area contributed by atoms with Crippen LogP contribution in [0.25, 0.3) is 11.3 Å². The Labute approximate surface area is 160 Å². The molecule has 0 fully saturated rings. The summed E-state index contributed by atoms with van der Waals surface area (Å²) < 4.78 is 10.3. The van der Waals surface area contributed by atoms with E-state index in [1.165, 1.54) is 11.3 Å². The van der Waals surface area contributed by atoms with Gasteiger partial charge in [-0.05, 0) is 35.9 Å². The predicted molar refractivity (Wildman–Crippen MR) is 104 cm³/mol. The summed E-state index contributed by atoms with van der Waals surface area (Å²) in [5.74, 6) is 1.20. The van der Waals surface area contributed by atoms with E-state index in [1.54, 1.807) is 26.4 Å². The number of halogens is 1. The van der Waals surface area contributed by atoms with Crippen molar-refractivity contribution in [2.45, 2.75) is 6.42 Å². The van der Waals surface area contributed by atoms with Gasteiger partial charge in [0.15, 0.2) is 5.13 Å². The zero-order valence-corrected chi connectivity index (χ0v) is 15.9. The highest BCUT2D eigenvalue weighted by Gasteiger charge is 2.11. The summed E-state index contributed by atoms with van der Waals surface area (Å²) in [4.78, 5) is 16.7. The first-order valence-corrected chi connectivity index (χ1v) is 9.07. The Morgan fingerprint density at radius 1 is 1.19 bits per heavy atom. The minimum Gasteiger partial charge on any atom is -0.497 e. The Morgan fingerprint density at radius 3 is 2.77 bits per heavy atom. The maximum Gasteiger partial charge on any atom is 0.230 e. The lowest BCUT2D eigenvalue weighted by Crippen LogP contribution is -2.14. The van der Waals surface area contributed by atoms with Crippen LogP contribution in [-0.4, -0.2) is 25.1 Å². The molecular weight excluding hydrogens is 372 g/mol. The molecule has 0 spiro atoms. The van der Waals surface area contributed by atoms with Crippen LogP contribution in [0, 0.1) is 0 Å². The first-order valence-electron chi connectivity index (χ1n) is 7.81. The van der Waals surface area contributed by atoms with Gasteiger partial charge in [-0.3, -0.25) is 4.79 Å². The minimum atomic E-state index is -0.132. The van der Waals surface area contributed by atoms with Gasteiger partial charge in [-0.2, -0.15) is 0 Å². The number of ether oxygens (including phenoxy) is 2. The van der Waals surface area contributed by atoms with Crippen LogP contribution in [0.3, 0.4) is 0 Å². The zero-order valence-electron chi connectivity index (χ0n) is 14.3. The largest absolute Gasteiger partial charge is 0.497 e. The number of carbonyl (C=O) groups is 1. The first-order chi connectivity index (χ1) is 12.6. The molecule has 0 saturated carbocycles. The standard InChI is InChI=1S/C19H17ClN2O3S/c1-24-14-5-3-4-12(8-14)9-18(23)22-19-21-16(11-26-19)13-6-7-17(25-2)15(20)10-13/h3-8,10-11H,9H2,1-2H3,(H,21,22,23). The second-order valence-corrected chi connectivity index (χ2v) is 6.73. The van der Waals surface area contributed by atoms with Gasteiger partial charge in [-0.25, -0.2) is 4.98 Å². The number of anilines is 1. The third-order valence-corrected chi connectivity index (χ3v) is 4.75. The summed E-state index contributed by atoms with van der Waals surface area (Å²) in [6.07, 6.45) is 0.250. The highest BCUT2D eigenvalue weighted by molar-refractivity contribution is 7.14. The second-order valence-electron chi connectivity index (χ2n) is 5.46. The topological polar surface area (TPSA) is 60.5 Å². The van der Waals surface area contributed by atoms with Crippen LogP contribution >= 0.6 is 22.9 Å². The fraction of sp³-hybridized carbons (Fsp3) is 0.158. The zero-order chi connectivity index (χ0) is 18.5. The summed E-state index contributed by atoms with van der Waals surface area (Å²) in [6, 6.07) is 12.9. The maximum absolute atomic E-state index is 12.2. The normalized spacial score (nSPS) is 10.4. The number of rotatable bonds is 6. The van der Waals surface area contributed by atoms with Crippen LogP contribution in [-0.2, 0) is 11.2 Å². The van der Waals surface area contributed by atoms with Crippen LogP contribution in [0.1, 0.15) is 5.56 Å². The molecule has 26 heavy (non-hydrogen) atoms. The summed E-state index contributed by atoms with van der Waals surface area (Å²) >= 11 is 7.52. The highest BCUT2D eigenvalue weighted by atomic mass is 35.5. The smallest absolute Gasteiger partial charge is 0.230 e. The van der Waals surface area contributed by atoms with Gasteiger partial charge in [0.25, 0.3) is 0 Å². The van der Waals surface area contributed by atoms with Crippen LogP contribution in [0.4, 0.5) is 5.13 Å². The first kappa shape index (κ1) is 18.2. The quantitative estimate of drug-likeness (QED) is 0.667. The minimum absolute atomic E-state index is 0.132. The molecule has 0 aliphatic carbocycles. The lowest BCUT2D eigenvalue weighted by atomic mass is 10.1. The fourth-order valence-electron chi connectivity index (χ4n) is 2.42. The van der Waals surface area contributed by atoms with Gasteiger partial charge in [0.2, 0.25) is 5.91 Å². The SMILES string of the molecule is COc1cccc(CC(=O)Nc2nc(-c3ccc(OC)c(Cl)c3)cs2)c1. The molecule has 0 bridgehead atoms. The van der Waals surface area contributed by atoms with Crippen molar-refractivity contribution >= 4 is 34.0 Å². The molecule has 1 aromatic heterocycles. The van der Waals surface area contributed by atoms with Gasteiger partial charge in [0.1, 0.15) is 11.5 Å². The second kappa shape index (κ2) is 8.21. The van der Waals surface area contributed by atoms with E-state index in [1.807, 2.05) is 35.7 Å². The number of benzene rings is 2. The van der Waals surface area contributed by atoms with Crippen LogP contribution in [0.2, 0.25) is 5.02 Å². The van der Waals surface area contributed by atoms with Gasteiger partial charge >= 0.3 is 0 Å². The highest BCUT2D eigenvalue weighted by Crippen LogP contribution is 2.31. The number of amides is 1. The Hall–Kier alpha value is -2.57. The van der Waals surface area contributed by atoms with E-state index in [2.05, 4.69) is 10.3 Å². The third kappa shape index (κ3) is 4.33. The molecule has 0 aliphatic rings. The monoisotopic (exact) mass is 388 g/mol. The summed E-state index contributed by atoms with van der Waals surface area (Å²) in [5.41, 5.74) is 2.48. The third-order valence-electron chi connectivity index (χ3n) is 3.70. The maximum atomic E-state index is 12.2. The van der Waals surface area contributed by atoms with Crippen LogP contribution in [0.5, 0.6) is 11.5 Å². The molecule has 3 rings (SSSR count). The summed E-state index contributed by atoms with van der Waals surface area (Å²) in [5, 5.41) is 5.76. The molecule has 5 nitrogen and oxygen atoms in total. The number of hydrogen-bond acceptors (Lipinski definition) is 5. The molecule has 0 unspecified atom stereocenters. The van der Waals surface area contributed by atoms with Crippen molar-refractivity contribution in [1.29, 1.82) is 0 Å². The average molecular weight is 389 g/mol. The molecule has 1 heterocycles. The summed E-state index contributed by atoms with van der Waals surface area (Å²) in [6.45, 7) is 0. The van der Waals surface area contributed by atoms with E-state index in [9.17, 15) is 4.79 Å². The van der Waals surface area contributed by atoms with E-state index >= 15 is 0 Å². The molecule has 0 aliphatic heterocycles. The molecule has 7 heteroatoms. The molecule has 134 valence electrons. The van der Waals surface area contributed by atoms with Gasteiger partial charge < -0.3 is 14.8 Å². The molecule has 0 radical (unpaired) electrons. The number of hydrogen-bond donors (Lipinski definition) is 1. The molecule has 1 N–H and O–H groups in total. The van der Waals surface area contributed by atoms with Crippen LogP contribution < -0.4 is 14.8 Å². The molecular formula is C19H17ClN2O3S. The lowest BCUT2D eigenvalue weighted by Gasteiger charge is -2.05. The number of nitrogens with zero attached hydrogens (tertiary/aromatic N) is 1. The summed E-state index contributed by atoms with van der Waals surface area (Å²) in [7, 11) is 3.17. The van der Waals surface area contributed by atoms with Crippen molar-refractivity contribution in [2.24, 2.45) is 0 Å². The van der Waals surface area contributed by atoms with E-state index in [4.69, 9.17) is 21.1 Å². The molecule has 0 atom stereocenters. The Kier molecular flexibility index (Phi) is 5.75. The van der Waals surface area contributed by atoms with Crippen molar-refractivity contribution in [3.8, 4) is 22.8 Å². The molecule has 1 amide bonds. The number of methoxy groups -OCH3 is 2. The van der Waals surface area contributed by atoms with Gasteiger partial charge in [-0.1, -0.05) is 23.7 Å². The molecule has 0 saturated heterocycles. The molecule has 2 aromatic carbocycles. The van der Waals surface area contributed by atoms with Crippen LogP contribution in [0.15, 0.2) is 47.8 Å². The Morgan fingerprint density at radius 2 is 2.04 bits per heavy atom. The van der Waals surface area contributed by atoms with E-state index in [0.29, 0.717) is 15.9 Å². The van der Waals surface area contributed by atoms with Crippen molar-refractivity contribution in [3.05, 3.63) is 58.4 Å². The predicted octanol–water partition coefficient (Wildman–Crippen LogP) is 4.66. The lowest BCUT2D eigenvalue weighted by molar-refractivity contribution is -0.115. The van der Waals surface area contributed by atoms with E-state index < -0.39 is 0 Å². The van der Waals surface area contributed by atoms with E-state index in [-0.39, 0.29) is 12.3 Å². The fourth-order valence-corrected chi connectivity index (χ4v) is 3.41. The van der Waals surface area contributed by atoms with Crippen molar-refractivity contribution < 1.29 is 14.3 Å². The Bertz CT molecular complexity index is 927. The number of carbonyl (C=O) groups excluding carboxylic acids is 1. The number of thiazole rings is 1. The Balaban J connectivity index is 1.68. The average Bonchev–Trinajstić information content (AvgIpc) is 3.10. The van der Waals surface area contributed by atoms with Crippen molar-refractivity contribution in [1.82, 2.24) is 4.98 Å². The van der Waals surface area contributed by atoms with E-state index in [0.717, 1.165) is 22.6 Å².